The smallest absolute Gasteiger partial charge is 0.194 e. The largest absolute Gasteiger partial charge is 0.391 e. The number of thiazole rings is 1. The molecule has 6 heteroatoms. The van der Waals surface area contributed by atoms with Gasteiger partial charge in [-0.1, -0.05) is 12.1 Å². The van der Waals surface area contributed by atoms with Gasteiger partial charge in [0.2, 0.25) is 0 Å². The van der Waals surface area contributed by atoms with Crippen molar-refractivity contribution in [2.24, 2.45) is 4.99 Å². The molecule has 1 saturated heterocycles. The highest BCUT2D eigenvalue weighted by Gasteiger charge is 2.22. The minimum Gasteiger partial charge on any atom is -0.391 e. The van der Waals surface area contributed by atoms with Crippen LogP contribution in [0.3, 0.4) is 0 Å². The Kier molecular flexibility index (Phi) is 5.46. The van der Waals surface area contributed by atoms with Gasteiger partial charge in [0.25, 0.3) is 0 Å². The molecule has 1 atom stereocenters. The van der Waals surface area contributed by atoms with Crippen LogP contribution in [0.4, 0.5) is 0 Å². The van der Waals surface area contributed by atoms with E-state index in [0.717, 1.165) is 50.4 Å². The van der Waals surface area contributed by atoms with Crippen LogP contribution in [0, 0.1) is 0 Å². The number of aryl methyl sites for hydroxylation is 1. The number of β-amino-alcohol motifs (C(OH)–C–C–N with tert-alkyl or cyclic N) is 1. The highest BCUT2D eigenvalue weighted by Crippen LogP contribution is 2.22. The number of likely N-dealkylation sites (tertiary alicyclic amines) is 1. The Morgan fingerprint density at radius 2 is 2.35 bits per heavy atom. The number of nitrogens with one attached hydrogen (secondary N) is 1. The first kappa shape index (κ1) is 16.2. The van der Waals surface area contributed by atoms with Gasteiger partial charge in [0, 0.05) is 32.6 Å². The van der Waals surface area contributed by atoms with Crippen LogP contribution in [0.25, 0.3) is 10.2 Å². The maximum Gasteiger partial charge on any atom is 0.194 e. The van der Waals surface area contributed by atoms with Gasteiger partial charge in [0.15, 0.2) is 5.96 Å². The Hall–Kier alpha value is -1.66. The Balaban J connectivity index is 1.53. The first-order valence-corrected chi connectivity index (χ1v) is 9.13. The number of hydrogen-bond donors (Lipinski definition) is 2. The van der Waals surface area contributed by atoms with Crippen molar-refractivity contribution in [3.63, 3.8) is 0 Å². The summed E-state index contributed by atoms with van der Waals surface area (Å²) in [5.74, 6) is 0.924. The van der Waals surface area contributed by atoms with Gasteiger partial charge in [0.1, 0.15) is 0 Å². The summed E-state index contributed by atoms with van der Waals surface area (Å²) < 4.78 is 1.25. The van der Waals surface area contributed by atoms with Crippen molar-refractivity contribution < 1.29 is 5.11 Å². The number of aromatic nitrogens is 1. The zero-order chi connectivity index (χ0) is 16.1. The average molecular weight is 332 g/mol. The van der Waals surface area contributed by atoms with E-state index in [1.807, 2.05) is 6.07 Å². The molecular formula is C17H24N4OS. The molecule has 5 nitrogen and oxygen atoms in total. The SMILES string of the molecule is CCNC(=NCCCc1nc2ccccc2s1)N1CC[C@@H](O)C1. The molecule has 2 heterocycles. The van der Waals surface area contributed by atoms with Gasteiger partial charge >= 0.3 is 0 Å². The van der Waals surface area contributed by atoms with Crippen molar-refractivity contribution >= 4 is 27.5 Å². The van der Waals surface area contributed by atoms with Gasteiger partial charge in [-0.15, -0.1) is 11.3 Å². The molecule has 3 rings (SSSR count). The zero-order valence-corrected chi connectivity index (χ0v) is 14.4. The monoisotopic (exact) mass is 332 g/mol. The van der Waals surface area contributed by atoms with E-state index in [1.165, 1.54) is 9.71 Å². The molecule has 2 N–H and O–H groups in total. The van der Waals surface area contributed by atoms with E-state index in [9.17, 15) is 5.11 Å². The third kappa shape index (κ3) is 4.20. The van der Waals surface area contributed by atoms with Gasteiger partial charge in [0.05, 0.1) is 21.3 Å². The predicted molar refractivity (Wildman–Crippen MR) is 96.1 cm³/mol. The third-order valence-corrected chi connectivity index (χ3v) is 5.04. The summed E-state index contributed by atoms with van der Waals surface area (Å²) >= 11 is 1.77. The zero-order valence-electron chi connectivity index (χ0n) is 13.5. The summed E-state index contributed by atoms with van der Waals surface area (Å²) in [6, 6.07) is 8.27. The van der Waals surface area contributed by atoms with Crippen LogP contribution in [-0.2, 0) is 6.42 Å². The molecule has 23 heavy (non-hydrogen) atoms. The summed E-state index contributed by atoms with van der Waals surface area (Å²) in [6.07, 6.45) is 2.56. The van der Waals surface area contributed by atoms with Gasteiger partial charge in [-0.25, -0.2) is 4.98 Å². The molecule has 2 aromatic rings. The average Bonchev–Trinajstić information content (AvgIpc) is 3.16. The van der Waals surface area contributed by atoms with E-state index >= 15 is 0 Å². The number of rotatable bonds is 5. The standard InChI is InChI=1S/C17H24N4OS/c1-2-18-17(21-11-9-13(22)12-21)19-10-5-8-16-20-14-6-3-4-7-15(14)23-16/h3-4,6-7,13,22H,2,5,8-12H2,1H3,(H,18,19)/t13-/m1/s1. The third-order valence-electron chi connectivity index (χ3n) is 3.95. The van der Waals surface area contributed by atoms with E-state index in [4.69, 9.17) is 4.99 Å². The highest BCUT2D eigenvalue weighted by molar-refractivity contribution is 7.18. The van der Waals surface area contributed by atoms with Gasteiger partial charge in [-0.2, -0.15) is 0 Å². The lowest BCUT2D eigenvalue weighted by Gasteiger charge is -2.20. The number of nitrogens with zero attached hydrogens (tertiary/aromatic N) is 3. The quantitative estimate of drug-likeness (QED) is 0.501. The Morgan fingerprint density at radius 1 is 1.48 bits per heavy atom. The summed E-state index contributed by atoms with van der Waals surface area (Å²) in [7, 11) is 0. The van der Waals surface area contributed by atoms with E-state index in [0.29, 0.717) is 6.54 Å². The Labute approximate surface area is 141 Å². The molecule has 0 saturated carbocycles. The normalized spacial score (nSPS) is 18.8. The Morgan fingerprint density at radius 3 is 3.09 bits per heavy atom. The summed E-state index contributed by atoms with van der Waals surface area (Å²) in [6.45, 7) is 5.27. The first-order chi connectivity index (χ1) is 11.3. The van der Waals surface area contributed by atoms with Crippen molar-refractivity contribution in [2.45, 2.75) is 32.3 Å². The van der Waals surface area contributed by atoms with Gasteiger partial charge in [-0.05, 0) is 31.9 Å². The number of benzene rings is 1. The minimum absolute atomic E-state index is 0.221. The lowest BCUT2D eigenvalue weighted by atomic mass is 10.3. The molecule has 0 bridgehead atoms. The van der Waals surface area contributed by atoms with Crippen LogP contribution < -0.4 is 5.32 Å². The van der Waals surface area contributed by atoms with Gasteiger partial charge in [-0.3, -0.25) is 4.99 Å². The molecule has 1 aliphatic heterocycles. The fraction of sp³-hybridized carbons (Fsp3) is 0.529. The predicted octanol–water partition coefficient (Wildman–Crippen LogP) is 2.26. The fourth-order valence-corrected chi connectivity index (χ4v) is 3.81. The second kappa shape index (κ2) is 7.75. The van der Waals surface area contributed by atoms with E-state index in [1.54, 1.807) is 11.3 Å². The van der Waals surface area contributed by atoms with Crippen LogP contribution in [0.15, 0.2) is 29.3 Å². The van der Waals surface area contributed by atoms with Crippen LogP contribution in [-0.4, -0.2) is 53.2 Å². The number of fused-ring (bicyclic) bond motifs is 1. The van der Waals surface area contributed by atoms with Crippen molar-refractivity contribution in [3.05, 3.63) is 29.3 Å². The Bertz CT molecular complexity index is 636. The lowest BCUT2D eigenvalue weighted by Crippen LogP contribution is -2.40. The van der Waals surface area contributed by atoms with Crippen molar-refractivity contribution in [3.8, 4) is 0 Å². The molecule has 0 amide bonds. The maximum absolute atomic E-state index is 9.67. The topological polar surface area (TPSA) is 60.8 Å². The van der Waals surface area contributed by atoms with E-state index in [2.05, 4.69) is 40.3 Å². The number of aliphatic hydroxyl groups is 1. The van der Waals surface area contributed by atoms with Gasteiger partial charge < -0.3 is 15.3 Å². The fourth-order valence-electron chi connectivity index (χ4n) is 2.80. The van der Waals surface area contributed by atoms with Crippen LogP contribution in [0.2, 0.25) is 0 Å². The molecule has 0 unspecified atom stereocenters. The summed E-state index contributed by atoms with van der Waals surface area (Å²) in [5.41, 5.74) is 1.09. The second-order valence-electron chi connectivity index (χ2n) is 5.80. The number of hydrogen-bond acceptors (Lipinski definition) is 4. The molecule has 0 aliphatic carbocycles. The molecule has 0 spiro atoms. The van der Waals surface area contributed by atoms with E-state index < -0.39 is 0 Å². The van der Waals surface area contributed by atoms with Crippen LogP contribution in [0.5, 0.6) is 0 Å². The van der Waals surface area contributed by atoms with Crippen molar-refractivity contribution in [1.82, 2.24) is 15.2 Å². The molecular weight excluding hydrogens is 308 g/mol. The molecule has 1 aliphatic rings. The maximum atomic E-state index is 9.67. The summed E-state index contributed by atoms with van der Waals surface area (Å²) in [4.78, 5) is 11.5. The lowest BCUT2D eigenvalue weighted by molar-refractivity contribution is 0.188. The molecule has 1 fully saturated rings. The van der Waals surface area contributed by atoms with E-state index in [-0.39, 0.29) is 6.10 Å². The summed E-state index contributed by atoms with van der Waals surface area (Å²) in [5, 5.41) is 14.2. The number of aliphatic hydroxyl groups excluding tert-OH is 1. The van der Waals surface area contributed by atoms with Crippen molar-refractivity contribution in [2.75, 3.05) is 26.2 Å². The highest BCUT2D eigenvalue weighted by atomic mass is 32.1. The molecule has 124 valence electrons. The van der Waals surface area contributed by atoms with Crippen molar-refractivity contribution in [1.29, 1.82) is 0 Å². The van der Waals surface area contributed by atoms with Crippen LogP contribution >= 0.6 is 11.3 Å². The molecule has 1 aromatic carbocycles. The molecule has 1 aromatic heterocycles. The number of aliphatic imine (C=N–C) groups is 1. The molecule has 0 radical (unpaired) electrons. The number of para-hydroxylation sites is 1. The minimum atomic E-state index is -0.221. The van der Waals surface area contributed by atoms with Crippen LogP contribution in [0.1, 0.15) is 24.8 Å². The second-order valence-corrected chi connectivity index (χ2v) is 6.92. The first-order valence-electron chi connectivity index (χ1n) is 8.32. The number of guanidine groups is 1.